The zero-order valence-corrected chi connectivity index (χ0v) is 11.6. The summed E-state index contributed by atoms with van der Waals surface area (Å²) in [5.41, 5.74) is 1.06. The predicted octanol–water partition coefficient (Wildman–Crippen LogP) is 4.08. The Kier molecular flexibility index (Phi) is 3.15. The third kappa shape index (κ3) is 2.50. The summed E-state index contributed by atoms with van der Waals surface area (Å²) < 4.78 is 11.8. The fourth-order valence-electron chi connectivity index (χ4n) is 1.68. The molecule has 0 atom stereocenters. The monoisotopic (exact) mass is 333 g/mol. The molecule has 0 aliphatic heterocycles. The molecule has 1 aromatic heterocycles. The number of fused-ring (bicyclic) bond motifs is 1. The molecule has 2 aromatic carbocycles. The topological polar surface area (TPSA) is 72.6 Å². The summed E-state index contributed by atoms with van der Waals surface area (Å²) >= 11 is 3.33. The van der Waals surface area contributed by atoms with E-state index in [-0.39, 0.29) is 11.6 Å². The molecule has 0 saturated heterocycles. The Bertz CT molecular complexity index is 779. The fraction of sp³-hybridized carbons (Fsp3) is 0. The smallest absolute Gasteiger partial charge is 0.400 e. The normalized spacial score (nSPS) is 10.7. The number of carboxylic acid groups (broad SMARTS) is 1. The molecule has 0 aliphatic rings. The molecular formula is C14H8BrNO4. The van der Waals surface area contributed by atoms with Gasteiger partial charge in [-0.15, -0.1) is 0 Å². The van der Waals surface area contributed by atoms with Gasteiger partial charge in [0.25, 0.3) is 0 Å². The van der Waals surface area contributed by atoms with Gasteiger partial charge in [-0.2, -0.15) is 4.98 Å². The molecular weight excluding hydrogens is 326 g/mol. The summed E-state index contributed by atoms with van der Waals surface area (Å²) in [6.07, 6.45) is 0.0739. The summed E-state index contributed by atoms with van der Waals surface area (Å²) in [5, 5.41) is 8.91. The van der Waals surface area contributed by atoms with E-state index in [2.05, 4.69) is 20.9 Å². The van der Waals surface area contributed by atoms with E-state index in [9.17, 15) is 4.79 Å². The SMILES string of the molecule is O=C(O)c1ccc2nc(Oc3ccc(Br)cc3)oc2c1. The van der Waals surface area contributed by atoms with Gasteiger partial charge in [-0.3, -0.25) is 0 Å². The molecule has 0 amide bonds. The Morgan fingerprint density at radius 2 is 1.95 bits per heavy atom. The lowest BCUT2D eigenvalue weighted by atomic mass is 10.2. The molecule has 0 spiro atoms. The van der Waals surface area contributed by atoms with Gasteiger partial charge >= 0.3 is 12.0 Å². The number of rotatable bonds is 3. The van der Waals surface area contributed by atoms with Crippen molar-refractivity contribution >= 4 is 33.0 Å². The molecule has 3 rings (SSSR count). The molecule has 1 N–H and O–H groups in total. The van der Waals surface area contributed by atoms with E-state index in [1.54, 1.807) is 18.2 Å². The van der Waals surface area contributed by atoms with E-state index < -0.39 is 5.97 Å². The predicted molar refractivity (Wildman–Crippen MR) is 75.2 cm³/mol. The zero-order chi connectivity index (χ0) is 14.1. The average molecular weight is 334 g/mol. The van der Waals surface area contributed by atoms with Gasteiger partial charge in [-0.1, -0.05) is 15.9 Å². The Morgan fingerprint density at radius 1 is 1.20 bits per heavy atom. The number of halogens is 1. The highest BCUT2D eigenvalue weighted by molar-refractivity contribution is 9.10. The second kappa shape index (κ2) is 4.97. The van der Waals surface area contributed by atoms with E-state index in [0.29, 0.717) is 16.8 Å². The lowest BCUT2D eigenvalue weighted by Gasteiger charge is -1.99. The van der Waals surface area contributed by atoms with Crippen LogP contribution in [0, 0.1) is 0 Å². The number of nitrogens with zero attached hydrogens (tertiary/aromatic N) is 1. The Labute approximate surface area is 121 Å². The van der Waals surface area contributed by atoms with Crippen molar-refractivity contribution in [3.05, 3.63) is 52.5 Å². The molecule has 0 bridgehead atoms. The minimum Gasteiger partial charge on any atom is -0.478 e. The minimum atomic E-state index is -1.02. The van der Waals surface area contributed by atoms with Crippen LogP contribution in [0.5, 0.6) is 11.8 Å². The number of hydrogen-bond donors (Lipinski definition) is 1. The lowest BCUT2D eigenvalue weighted by molar-refractivity contribution is 0.0697. The van der Waals surface area contributed by atoms with E-state index >= 15 is 0 Å². The van der Waals surface area contributed by atoms with Crippen LogP contribution < -0.4 is 4.74 Å². The van der Waals surface area contributed by atoms with Crippen LogP contribution in [-0.4, -0.2) is 16.1 Å². The molecule has 5 nitrogen and oxygen atoms in total. The summed E-state index contributed by atoms with van der Waals surface area (Å²) in [7, 11) is 0. The second-order valence-electron chi connectivity index (χ2n) is 4.02. The fourth-order valence-corrected chi connectivity index (χ4v) is 1.95. The highest BCUT2D eigenvalue weighted by atomic mass is 79.9. The van der Waals surface area contributed by atoms with E-state index in [4.69, 9.17) is 14.3 Å². The first-order valence-corrected chi connectivity index (χ1v) is 6.48. The van der Waals surface area contributed by atoms with Crippen LogP contribution in [0.2, 0.25) is 0 Å². The van der Waals surface area contributed by atoms with Crippen LogP contribution in [0.1, 0.15) is 10.4 Å². The number of oxazole rings is 1. The number of hydrogen-bond acceptors (Lipinski definition) is 4. The first-order valence-electron chi connectivity index (χ1n) is 5.69. The van der Waals surface area contributed by atoms with Crippen molar-refractivity contribution in [3.8, 4) is 11.8 Å². The second-order valence-corrected chi connectivity index (χ2v) is 4.94. The van der Waals surface area contributed by atoms with Crippen LogP contribution in [0.3, 0.4) is 0 Å². The van der Waals surface area contributed by atoms with E-state index in [0.717, 1.165) is 4.47 Å². The summed E-state index contributed by atoms with van der Waals surface area (Å²) in [5.74, 6) is -0.433. The van der Waals surface area contributed by atoms with Gasteiger partial charge in [0.2, 0.25) is 0 Å². The standard InChI is InChI=1S/C14H8BrNO4/c15-9-2-4-10(5-3-9)19-14-16-11-6-1-8(13(17)18)7-12(11)20-14/h1-7H,(H,17,18). The molecule has 100 valence electrons. The average Bonchev–Trinajstić information content (AvgIpc) is 2.82. The first kappa shape index (κ1) is 12.7. The molecule has 0 fully saturated rings. The van der Waals surface area contributed by atoms with Crippen molar-refractivity contribution in [2.45, 2.75) is 0 Å². The first-order chi connectivity index (χ1) is 9.61. The number of ether oxygens (including phenoxy) is 1. The van der Waals surface area contributed by atoms with Crippen molar-refractivity contribution in [2.24, 2.45) is 0 Å². The van der Waals surface area contributed by atoms with Gasteiger partial charge in [-0.25, -0.2) is 4.79 Å². The molecule has 0 radical (unpaired) electrons. The maximum Gasteiger partial charge on any atom is 0.400 e. The molecule has 0 saturated carbocycles. The van der Waals surface area contributed by atoms with Crippen LogP contribution in [0.25, 0.3) is 11.1 Å². The van der Waals surface area contributed by atoms with Gasteiger partial charge in [-0.05, 0) is 42.5 Å². The molecule has 3 aromatic rings. The lowest BCUT2D eigenvalue weighted by Crippen LogP contribution is -1.94. The summed E-state index contributed by atoms with van der Waals surface area (Å²) in [4.78, 5) is 15.0. The molecule has 6 heteroatoms. The minimum absolute atomic E-state index is 0.0739. The molecule has 0 aliphatic carbocycles. The highest BCUT2D eigenvalue weighted by Gasteiger charge is 2.11. The van der Waals surface area contributed by atoms with Gasteiger partial charge in [0.05, 0.1) is 5.56 Å². The number of carbonyl (C=O) groups is 1. The van der Waals surface area contributed by atoms with Gasteiger partial charge in [0.1, 0.15) is 11.3 Å². The van der Waals surface area contributed by atoms with Crippen molar-refractivity contribution < 1.29 is 19.1 Å². The van der Waals surface area contributed by atoms with Crippen molar-refractivity contribution in [3.63, 3.8) is 0 Å². The summed E-state index contributed by atoms with van der Waals surface area (Å²) in [6, 6.07) is 11.7. The Morgan fingerprint density at radius 3 is 2.65 bits per heavy atom. The van der Waals surface area contributed by atoms with Crippen molar-refractivity contribution in [2.75, 3.05) is 0 Å². The molecule has 1 heterocycles. The molecule has 20 heavy (non-hydrogen) atoms. The molecule has 0 unspecified atom stereocenters. The quantitative estimate of drug-likeness (QED) is 0.781. The van der Waals surface area contributed by atoms with Crippen LogP contribution >= 0.6 is 15.9 Å². The number of aromatic nitrogens is 1. The van der Waals surface area contributed by atoms with E-state index in [1.807, 2.05) is 12.1 Å². The van der Waals surface area contributed by atoms with Crippen LogP contribution in [0.4, 0.5) is 0 Å². The number of carboxylic acids is 1. The van der Waals surface area contributed by atoms with Gasteiger partial charge < -0.3 is 14.3 Å². The van der Waals surface area contributed by atoms with E-state index in [1.165, 1.54) is 12.1 Å². The van der Waals surface area contributed by atoms with Gasteiger partial charge in [0.15, 0.2) is 5.58 Å². The Balaban J connectivity index is 1.92. The Hall–Kier alpha value is -2.34. The van der Waals surface area contributed by atoms with Crippen LogP contribution in [0.15, 0.2) is 51.4 Å². The maximum absolute atomic E-state index is 10.9. The number of aromatic carboxylic acids is 1. The highest BCUT2D eigenvalue weighted by Crippen LogP contribution is 2.26. The zero-order valence-electron chi connectivity index (χ0n) is 10.0. The summed E-state index contributed by atoms with van der Waals surface area (Å²) in [6.45, 7) is 0. The van der Waals surface area contributed by atoms with Crippen molar-refractivity contribution in [1.82, 2.24) is 4.98 Å². The third-order valence-corrected chi connectivity index (χ3v) is 3.16. The van der Waals surface area contributed by atoms with Crippen molar-refractivity contribution in [1.29, 1.82) is 0 Å². The number of benzene rings is 2. The van der Waals surface area contributed by atoms with Gasteiger partial charge in [0, 0.05) is 4.47 Å². The maximum atomic E-state index is 10.9. The largest absolute Gasteiger partial charge is 0.478 e. The third-order valence-electron chi connectivity index (χ3n) is 2.63. The van der Waals surface area contributed by atoms with Crippen LogP contribution in [-0.2, 0) is 0 Å².